The molecule has 0 aromatic carbocycles. The second-order valence-corrected chi connectivity index (χ2v) is 9.82. The van der Waals surface area contributed by atoms with Gasteiger partial charge in [-0.15, -0.1) is 0 Å². The molecule has 128 valence electrons. The van der Waals surface area contributed by atoms with Crippen LogP contribution in [0.1, 0.15) is 0 Å². The number of hydrogen-bond acceptors (Lipinski definition) is 8. The molecule has 0 fully saturated rings. The van der Waals surface area contributed by atoms with E-state index in [2.05, 4.69) is 45.0 Å². The smallest absolute Gasteiger partial charge is 0.763 e. The molecule has 0 aliphatic heterocycles. The molecule has 0 saturated heterocycles. The second kappa shape index (κ2) is 18.2. The average Bonchev–Trinajstić information content (AvgIpc) is 1.62. The van der Waals surface area contributed by atoms with Gasteiger partial charge in [0.2, 0.25) is 0 Å². The molecule has 4 unspecified atom stereocenters. The molecule has 22 heavy (non-hydrogen) atoms. The summed E-state index contributed by atoms with van der Waals surface area (Å²) in [4.78, 5) is 35.0. The van der Waals surface area contributed by atoms with E-state index in [0.29, 0.717) is 0 Å². The monoisotopic (exact) mass is 622 g/mol. The van der Waals surface area contributed by atoms with Crippen LogP contribution < -0.4 is 19.6 Å². The molecule has 0 aromatic rings. The first-order valence-corrected chi connectivity index (χ1v) is 12.5. The summed E-state index contributed by atoms with van der Waals surface area (Å²) in [5, 5.41) is 0. The van der Waals surface area contributed by atoms with Crippen LogP contribution in [0.15, 0.2) is 0 Å². The molecular formula is CaCdCl4F4O8P4. The Hall–Kier alpha value is 3.82. The number of halogens is 8. The summed E-state index contributed by atoms with van der Waals surface area (Å²) in [6.07, 6.45) is 0. The third-order valence-electron chi connectivity index (χ3n) is 0. The molecule has 0 aromatic heterocycles. The van der Waals surface area contributed by atoms with Crippen molar-refractivity contribution in [2.24, 2.45) is 0 Å². The first kappa shape index (κ1) is 40.5. The number of hydrogen-bond donors (Lipinski definition) is 0. The number of rotatable bonds is 0. The molecule has 0 radical (unpaired) electrons. The van der Waals surface area contributed by atoms with Gasteiger partial charge in [0.05, 0.1) is 0 Å². The Labute approximate surface area is 190 Å². The van der Waals surface area contributed by atoms with Crippen molar-refractivity contribution in [2.75, 3.05) is 0 Å². The van der Waals surface area contributed by atoms with Crippen LogP contribution in [0.4, 0.5) is 16.8 Å². The van der Waals surface area contributed by atoms with Crippen molar-refractivity contribution in [1.29, 1.82) is 0 Å². The summed E-state index contributed by atoms with van der Waals surface area (Å²) in [6.45, 7) is 0. The van der Waals surface area contributed by atoms with Crippen LogP contribution in [0.3, 0.4) is 0 Å². The standard InChI is InChI=1S/Ca.Cd.4ClFHO2P/c;;4*1-5(2,3)4/h;;4*(H,3,4)/q2*+2;;;;/p-4. The Morgan fingerprint density at radius 3 is 0.545 bits per heavy atom. The average molecular weight is 622 g/mol. The molecule has 0 aliphatic rings. The first-order chi connectivity index (χ1) is 8.00. The van der Waals surface area contributed by atoms with Gasteiger partial charge in [0.25, 0.3) is 28.1 Å². The van der Waals surface area contributed by atoms with Crippen LogP contribution >= 0.6 is 73.1 Å². The molecule has 0 heterocycles. The van der Waals surface area contributed by atoms with Crippen molar-refractivity contribution in [3.8, 4) is 0 Å². The van der Waals surface area contributed by atoms with E-state index in [9.17, 15) is 16.8 Å². The minimum absolute atomic E-state index is 0. The fourth-order valence-corrected chi connectivity index (χ4v) is 0. The van der Waals surface area contributed by atoms with E-state index in [1.165, 1.54) is 0 Å². The van der Waals surface area contributed by atoms with Gasteiger partial charge in [-0.1, -0.05) is 0 Å². The Morgan fingerprint density at radius 1 is 0.545 bits per heavy atom. The van der Waals surface area contributed by atoms with E-state index in [4.69, 9.17) is 37.8 Å². The Balaban J connectivity index is -0.0000000376. The van der Waals surface area contributed by atoms with Gasteiger partial charge >= 0.3 is 65.0 Å². The van der Waals surface area contributed by atoms with Crippen molar-refractivity contribution in [1.82, 2.24) is 0 Å². The second-order valence-electron chi connectivity index (χ2n) is 1.66. The van der Waals surface area contributed by atoms with Gasteiger partial charge in [-0.3, -0.25) is 18.3 Å². The molecule has 22 heteroatoms. The molecule has 4 atom stereocenters. The van der Waals surface area contributed by atoms with Crippen LogP contribution in [0.25, 0.3) is 0 Å². The van der Waals surface area contributed by atoms with Crippen LogP contribution in [0, 0.1) is 0 Å². The van der Waals surface area contributed by atoms with Crippen molar-refractivity contribution in [2.45, 2.75) is 0 Å². The largest absolute Gasteiger partial charge is 2.00 e. The molecule has 0 spiro atoms. The molecule has 0 rings (SSSR count). The summed E-state index contributed by atoms with van der Waals surface area (Å²) in [6, 6.07) is 0. The summed E-state index contributed by atoms with van der Waals surface area (Å²) in [5.41, 5.74) is 0. The van der Waals surface area contributed by atoms with E-state index < -0.39 is 28.1 Å². The molecule has 0 saturated carbocycles. The quantitative estimate of drug-likeness (QED) is 0.226. The van der Waals surface area contributed by atoms with Crippen molar-refractivity contribution >= 4 is 111 Å². The first-order valence-electron chi connectivity index (χ1n) is 2.81. The Kier molecular flexibility index (Phi) is 33.5. The predicted octanol–water partition coefficient (Wildman–Crippen LogP) is 2.27. The summed E-state index contributed by atoms with van der Waals surface area (Å²) >= 11 is 15.5. The van der Waals surface area contributed by atoms with Gasteiger partial charge in [-0.25, -0.2) is 0 Å². The van der Waals surface area contributed by atoms with Gasteiger partial charge in [0, 0.05) is 0 Å². The van der Waals surface area contributed by atoms with Crippen LogP contribution in [-0.4, -0.2) is 37.7 Å². The van der Waals surface area contributed by atoms with Crippen LogP contribution in [-0.2, 0) is 45.6 Å². The Morgan fingerprint density at radius 2 is 0.545 bits per heavy atom. The maximum absolute atomic E-state index is 10.5. The third kappa shape index (κ3) is 849. The van der Waals surface area contributed by atoms with Crippen molar-refractivity contribution < 1.29 is 81.9 Å². The zero-order valence-corrected chi connectivity index (χ0v) is 22.3. The molecule has 0 bridgehead atoms. The van der Waals surface area contributed by atoms with Crippen molar-refractivity contribution in [3.63, 3.8) is 0 Å². The Bertz CT molecular complexity index is 315. The van der Waals surface area contributed by atoms with E-state index in [1.807, 2.05) is 0 Å². The fraction of sp³-hybridized carbons (Fsp3) is 0. The van der Waals surface area contributed by atoms with E-state index in [0.717, 1.165) is 0 Å². The molecule has 0 aliphatic carbocycles. The van der Waals surface area contributed by atoms with Gasteiger partial charge in [0.15, 0.2) is 0 Å². The van der Waals surface area contributed by atoms with Crippen LogP contribution in [0.5, 0.6) is 0 Å². The maximum atomic E-state index is 10.5. The zero-order valence-electron chi connectivity index (χ0n) is 9.49. The van der Waals surface area contributed by atoms with Crippen molar-refractivity contribution in [3.05, 3.63) is 0 Å². The molecule has 8 nitrogen and oxygen atoms in total. The van der Waals surface area contributed by atoms with E-state index in [-0.39, 0.29) is 65.0 Å². The fourth-order valence-electron chi connectivity index (χ4n) is 0. The van der Waals surface area contributed by atoms with Gasteiger partial charge < -0.3 is 19.6 Å². The minimum atomic E-state index is -4.92. The third-order valence-corrected chi connectivity index (χ3v) is 0. The molecule has 0 amide bonds. The maximum Gasteiger partial charge on any atom is 2.00 e. The summed E-state index contributed by atoms with van der Waals surface area (Å²) < 4.78 is 76.8. The summed E-state index contributed by atoms with van der Waals surface area (Å²) in [7, 11) is -19.7. The minimum Gasteiger partial charge on any atom is -0.763 e. The summed E-state index contributed by atoms with van der Waals surface area (Å²) in [5.74, 6) is 0. The predicted molar refractivity (Wildman–Crippen MR) is 64.0 cm³/mol. The van der Waals surface area contributed by atoms with E-state index >= 15 is 0 Å². The van der Waals surface area contributed by atoms with Gasteiger partial charge in [0.1, 0.15) is 0 Å². The van der Waals surface area contributed by atoms with Gasteiger partial charge in [-0.2, -0.15) is 16.8 Å². The topological polar surface area (TPSA) is 161 Å². The normalized spacial score (nSPS) is 19.5. The SMILES string of the molecule is O=P([O-])(F)Cl.O=P([O-])(F)Cl.O=P([O-])(F)Cl.O=P([O-])(F)Cl.[Ca+2].[Cd+2]. The molecular weight excluding hydrogens is 622 g/mol. The molecule has 0 N–H and O–H groups in total. The van der Waals surface area contributed by atoms with Crippen LogP contribution in [0.2, 0.25) is 0 Å². The zero-order chi connectivity index (χ0) is 18.0. The van der Waals surface area contributed by atoms with Gasteiger partial charge in [-0.05, 0) is 45.0 Å². The van der Waals surface area contributed by atoms with E-state index in [1.54, 1.807) is 0 Å².